The molecule has 0 aromatic carbocycles. The number of nitrogens with zero attached hydrogens (tertiary/aromatic N) is 1. The largest absolute Gasteiger partial charge is 0.392 e. The zero-order valence-electron chi connectivity index (χ0n) is 10.1. The summed E-state index contributed by atoms with van der Waals surface area (Å²) in [5.41, 5.74) is 0. The summed E-state index contributed by atoms with van der Waals surface area (Å²) in [6, 6.07) is 0. The van der Waals surface area contributed by atoms with Crippen LogP contribution in [0.3, 0.4) is 0 Å². The van der Waals surface area contributed by atoms with Gasteiger partial charge in [0.05, 0.1) is 39.1 Å². The molecular weight excluding hydrogens is 210 g/mol. The smallest absolute Gasteiger partial charge is 0.0701 e. The minimum absolute atomic E-state index is 0.141. The second kappa shape index (κ2) is 8.90. The Morgan fingerprint density at radius 2 is 1.81 bits per heavy atom. The number of aliphatic hydroxyl groups excluding tert-OH is 1. The van der Waals surface area contributed by atoms with Crippen LogP contribution in [-0.2, 0) is 14.2 Å². The molecule has 1 rings (SSSR count). The minimum Gasteiger partial charge on any atom is -0.392 e. The maximum Gasteiger partial charge on any atom is 0.0701 e. The zero-order valence-corrected chi connectivity index (χ0v) is 10.1. The van der Waals surface area contributed by atoms with E-state index in [1.165, 1.54) is 0 Å². The normalized spacial score (nSPS) is 21.8. The summed E-state index contributed by atoms with van der Waals surface area (Å²) in [5.74, 6) is 0. The molecule has 0 saturated carbocycles. The van der Waals surface area contributed by atoms with Gasteiger partial charge in [0.25, 0.3) is 0 Å². The fraction of sp³-hybridized carbons (Fsp3) is 1.00. The molecule has 1 atom stereocenters. The van der Waals surface area contributed by atoms with Gasteiger partial charge in [-0.25, -0.2) is 0 Å². The van der Waals surface area contributed by atoms with Gasteiger partial charge in [-0.2, -0.15) is 0 Å². The van der Waals surface area contributed by atoms with Crippen molar-refractivity contribution in [3.8, 4) is 0 Å². The molecule has 0 radical (unpaired) electrons. The average molecular weight is 233 g/mol. The number of likely N-dealkylation sites (tertiary alicyclic amines) is 1. The van der Waals surface area contributed by atoms with Crippen molar-refractivity contribution < 1.29 is 19.3 Å². The van der Waals surface area contributed by atoms with Gasteiger partial charge >= 0.3 is 0 Å². The quantitative estimate of drug-likeness (QED) is 0.556. The summed E-state index contributed by atoms with van der Waals surface area (Å²) < 4.78 is 15.5. The minimum atomic E-state index is -0.141. The van der Waals surface area contributed by atoms with E-state index < -0.39 is 0 Å². The fourth-order valence-electron chi connectivity index (χ4n) is 1.67. The van der Waals surface area contributed by atoms with Gasteiger partial charge in [-0.05, 0) is 6.42 Å². The van der Waals surface area contributed by atoms with Crippen LogP contribution in [0.25, 0.3) is 0 Å². The van der Waals surface area contributed by atoms with Crippen molar-refractivity contribution in [2.24, 2.45) is 0 Å². The Morgan fingerprint density at radius 3 is 2.44 bits per heavy atom. The molecule has 0 aliphatic carbocycles. The summed E-state index contributed by atoms with van der Waals surface area (Å²) in [4.78, 5) is 2.22. The fourth-order valence-corrected chi connectivity index (χ4v) is 1.67. The van der Waals surface area contributed by atoms with Gasteiger partial charge in [0, 0.05) is 26.7 Å². The van der Waals surface area contributed by atoms with E-state index in [4.69, 9.17) is 14.2 Å². The summed E-state index contributed by atoms with van der Waals surface area (Å²) in [5, 5.41) is 9.31. The molecule has 1 fully saturated rings. The van der Waals surface area contributed by atoms with Gasteiger partial charge in [0.15, 0.2) is 0 Å². The van der Waals surface area contributed by atoms with Gasteiger partial charge in [-0.15, -0.1) is 0 Å². The van der Waals surface area contributed by atoms with Crippen LogP contribution in [0.1, 0.15) is 6.42 Å². The number of hydrogen-bond acceptors (Lipinski definition) is 5. The van der Waals surface area contributed by atoms with E-state index in [-0.39, 0.29) is 6.10 Å². The van der Waals surface area contributed by atoms with Crippen molar-refractivity contribution >= 4 is 0 Å². The van der Waals surface area contributed by atoms with Crippen LogP contribution in [0, 0.1) is 0 Å². The Labute approximate surface area is 97.3 Å². The Bertz CT molecular complexity index is 168. The predicted molar refractivity (Wildman–Crippen MR) is 60.6 cm³/mol. The molecule has 1 N–H and O–H groups in total. The third-order valence-electron chi connectivity index (χ3n) is 2.60. The van der Waals surface area contributed by atoms with E-state index in [0.717, 1.165) is 26.1 Å². The van der Waals surface area contributed by atoms with E-state index >= 15 is 0 Å². The molecule has 1 saturated heterocycles. The highest BCUT2D eigenvalue weighted by molar-refractivity contribution is 4.73. The van der Waals surface area contributed by atoms with Crippen molar-refractivity contribution in [2.75, 3.05) is 59.8 Å². The van der Waals surface area contributed by atoms with Crippen LogP contribution in [0.5, 0.6) is 0 Å². The Kier molecular flexibility index (Phi) is 7.71. The molecular formula is C11H23NO4. The molecule has 1 heterocycles. The lowest BCUT2D eigenvalue weighted by molar-refractivity contribution is 0.0201. The van der Waals surface area contributed by atoms with E-state index in [1.54, 1.807) is 7.11 Å². The molecule has 0 bridgehead atoms. The van der Waals surface area contributed by atoms with E-state index in [0.29, 0.717) is 33.0 Å². The highest BCUT2D eigenvalue weighted by Gasteiger charge is 2.19. The Hall–Kier alpha value is -0.200. The third-order valence-corrected chi connectivity index (χ3v) is 2.60. The highest BCUT2D eigenvalue weighted by atomic mass is 16.5. The predicted octanol–water partition coefficient (Wildman–Crippen LogP) is -0.267. The zero-order chi connectivity index (χ0) is 11.6. The number of rotatable bonds is 9. The Morgan fingerprint density at radius 1 is 1.12 bits per heavy atom. The topological polar surface area (TPSA) is 51.2 Å². The first-order chi connectivity index (χ1) is 7.83. The number of β-amino-alcohol motifs (C(OH)–C–C–N with tert-alkyl or cyclic N) is 1. The molecule has 5 heteroatoms. The van der Waals surface area contributed by atoms with Crippen LogP contribution in [-0.4, -0.2) is 75.9 Å². The molecule has 0 aromatic rings. The first-order valence-corrected chi connectivity index (χ1v) is 5.88. The first kappa shape index (κ1) is 13.9. The molecule has 16 heavy (non-hydrogen) atoms. The van der Waals surface area contributed by atoms with Gasteiger partial charge in [0.1, 0.15) is 0 Å². The first-order valence-electron chi connectivity index (χ1n) is 5.88. The van der Waals surface area contributed by atoms with Crippen LogP contribution >= 0.6 is 0 Å². The standard InChI is InChI=1S/C11H23NO4/c1-14-6-7-16-9-8-15-5-4-12-3-2-11(13)10-12/h11,13H,2-10H2,1H3/t11-/m0/s1. The maximum absolute atomic E-state index is 9.31. The van der Waals surface area contributed by atoms with Crippen molar-refractivity contribution in [3.63, 3.8) is 0 Å². The molecule has 1 aliphatic heterocycles. The van der Waals surface area contributed by atoms with E-state index in [1.807, 2.05) is 0 Å². The van der Waals surface area contributed by atoms with E-state index in [2.05, 4.69) is 4.90 Å². The molecule has 0 unspecified atom stereocenters. The maximum atomic E-state index is 9.31. The monoisotopic (exact) mass is 233 g/mol. The molecule has 0 spiro atoms. The molecule has 96 valence electrons. The van der Waals surface area contributed by atoms with Crippen molar-refractivity contribution in [2.45, 2.75) is 12.5 Å². The summed E-state index contributed by atoms with van der Waals surface area (Å²) in [6.45, 7) is 5.87. The van der Waals surface area contributed by atoms with Gasteiger partial charge in [0.2, 0.25) is 0 Å². The number of aliphatic hydroxyl groups is 1. The summed E-state index contributed by atoms with van der Waals surface area (Å²) >= 11 is 0. The highest BCUT2D eigenvalue weighted by Crippen LogP contribution is 2.07. The van der Waals surface area contributed by atoms with Crippen LogP contribution in [0.2, 0.25) is 0 Å². The van der Waals surface area contributed by atoms with Crippen LogP contribution in [0.15, 0.2) is 0 Å². The molecule has 0 amide bonds. The number of ether oxygens (including phenoxy) is 3. The Balaban J connectivity index is 1.78. The number of methoxy groups -OCH3 is 1. The number of hydrogen-bond donors (Lipinski definition) is 1. The SMILES string of the molecule is COCCOCCOCCN1CC[C@H](O)C1. The third kappa shape index (κ3) is 6.40. The summed E-state index contributed by atoms with van der Waals surface area (Å²) in [7, 11) is 1.66. The molecule has 5 nitrogen and oxygen atoms in total. The lowest BCUT2D eigenvalue weighted by atomic mass is 10.3. The van der Waals surface area contributed by atoms with Crippen molar-refractivity contribution in [3.05, 3.63) is 0 Å². The lowest BCUT2D eigenvalue weighted by Crippen LogP contribution is -2.26. The second-order valence-electron chi connectivity index (χ2n) is 3.96. The van der Waals surface area contributed by atoms with Gasteiger partial charge < -0.3 is 19.3 Å². The molecule has 1 aliphatic rings. The van der Waals surface area contributed by atoms with Crippen LogP contribution in [0.4, 0.5) is 0 Å². The van der Waals surface area contributed by atoms with Crippen LogP contribution < -0.4 is 0 Å². The molecule has 0 aromatic heterocycles. The summed E-state index contributed by atoms with van der Waals surface area (Å²) in [6.07, 6.45) is 0.748. The lowest BCUT2D eigenvalue weighted by Gasteiger charge is -2.14. The van der Waals surface area contributed by atoms with Crippen molar-refractivity contribution in [1.82, 2.24) is 4.90 Å². The second-order valence-corrected chi connectivity index (χ2v) is 3.96. The van der Waals surface area contributed by atoms with Gasteiger partial charge in [-0.3, -0.25) is 4.90 Å². The van der Waals surface area contributed by atoms with Gasteiger partial charge in [-0.1, -0.05) is 0 Å². The van der Waals surface area contributed by atoms with Crippen molar-refractivity contribution in [1.29, 1.82) is 0 Å². The van der Waals surface area contributed by atoms with E-state index in [9.17, 15) is 5.11 Å². The average Bonchev–Trinajstić information content (AvgIpc) is 2.68.